The fraction of sp³-hybridized carbons (Fsp3) is 0.778. The summed E-state index contributed by atoms with van der Waals surface area (Å²) in [6.07, 6.45) is -8.62. The standard InChI is InChI=1S/C9H14O8/c1-2-3(10)16-9-6(13)4(11)5(12)7(17-9)8(14)15/h4-7,9,11-13H,2H2,1H3,(H,14,15). The molecule has 0 aliphatic carbocycles. The van der Waals surface area contributed by atoms with Crippen molar-refractivity contribution in [1.82, 2.24) is 0 Å². The molecule has 1 fully saturated rings. The smallest absolute Gasteiger partial charge is 0.335 e. The molecule has 1 aliphatic rings. The topological polar surface area (TPSA) is 134 Å². The van der Waals surface area contributed by atoms with Gasteiger partial charge in [-0.3, -0.25) is 4.79 Å². The summed E-state index contributed by atoms with van der Waals surface area (Å²) >= 11 is 0. The number of carbonyl (C=O) groups excluding carboxylic acids is 1. The summed E-state index contributed by atoms with van der Waals surface area (Å²) in [5.41, 5.74) is 0. The van der Waals surface area contributed by atoms with Crippen LogP contribution in [0, 0.1) is 0 Å². The summed E-state index contributed by atoms with van der Waals surface area (Å²) in [7, 11) is 0. The molecule has 0 radical (unpaired) electrons. The molecule has 0 saturated carbocycles. The molecule has 1 aliphatic heterocycles. The van der Waals surface area contributed by atoms with Crippen LogP contribution in [0.15, 0.2) is 0 Å². The molecule has 17 heavy (non-hydrogen) atoms. The third-order valence-corrected chi connectivity index (χ3v) is 2.35. The Labute approximate surface area is 96.4 Å². The highest BCUT2D eigenvalue weighted by atomic mass is 16.7. The van der Waals surface area contributed by atoms with Gasteiger partial charge in [-0.2, -0.15) is 0 Å². The highest BCUT2D eigenvalue weighted by molar-refractivity contribution is 5.73. The quantitative estimate of drug-likeness (QED) is 0.416. The zero-order valence-electron chi connectivity index (χ0n) is 9.02. The Morgan fingerprint density at radius 1 is 1.18 bits per heavy atom. The van der Waals surface area contributed by atoms with Crippen LogP contribution in [0.1, 0.15) is 13.3 Å². The fourth-order valence-corrected chi connectivity index (χ4v) is 1.36. The third-order valence-electron chi connectivity index (χ3n) is 2.35. The van der Waals surface area contributed by atoms with Crippen LogP contribution in [0.2, 0.25) is 0 Å². The van der Waals surface area contributed by atoms with Crippen molar-refractivity contribution in [2.45, 2.75) is 44.1 Å². The lowest BCUT2D eigenvalue weighted by molar-refractivity contribution is -0.286. The van der Waals surface area contributed by atoms with Gasteiger partial charge in [-0.1, -0.05) is 6.92 Å². The molecule has 1 rings (SSSR count). The van der Waals surface area contributed by atoms with Crippen molar-refractivity contribution < 1.29 is 39.5 Å². The zero-order chi connectivity index (χ0) is 13.2. The first-order chi connectivity index (χ1) is 7.88. The predicted molar refractivity (Wildman–Crippen MR) is 50.7 cm³/mol. The number of rotatable bonds is 3. The molecule has 8 nitrogen and oxygen atoms in total. The molecule has 8 heteroatoms. The summed E-state index contributed by atoms with van der Waals surface area (Å²) in [6, 6.07) is 0. The van der Waals surface area contributed by atoms with Gasteiger partial charge >= 0.3 is 11.9 Å². The maximum Gasteiger partial charge on any atom is 0.335 e. The Morgan fingerprint density at radius 2 is 1.76 bits per heavy atom. The van der Waals surface area contributed by atoms with E-state index in [-0.39, 0.29) is 6.42 Å². The van der Waals surface area contributed by atoms with E-state index in [1.54, 1.807) is 0 Å². The van der Waals surface area contributed by atoms with Gasteiger partial charge in [-0.15, -0.1) is 0 Å². The van der Waals surface area contributed by atoms with E-state index in [1.165, 1.54) is 6.92 Å². The third kappa shape index (κ3) is 2.91. The van der Waals surface area contributed by atoms with E-state index in [0.29, 0.717) is 0 Å². The maximum atomic E-state index is 11.0. The fourth-order valence-electron chi connectivity index (χ4n) is 1.36. The molecular formula is C9H14O8. The van der Waals surface area contributed by atoms with E-state index < -0.39 is 42.6 Å². The average molecular weight is 250 g/mol. The van der Waals surface area contributed by atoms with Gasteiger partial charge in [0, 0.05) is 6.42 Å². The second-order valence-corrected chi connectivity index (χ2v) is 3.58. The van der Waals surface area contributed by atoms with E-state index in [9.17, 15) is 24.9 Å². The predicted octanol–water partition coefficient (Wildman–Crippen LogP) is -2.17. The summed E-state index contributed by atoms with van der Waals surface area (Å²) in [5.74, 6) is -2.25. The number of aliphatic carboxylic acids is 1. The van der Waals surface area contributed by atoms with Crippen LogP contribution in [0.4, 0.5) is 0 Å². The normalized spacial score (nSPS) is 37.5. The molecule has 0 spiro atoms. The molecule has 1 heterocycles. The van der Waals surface area contributed by atoms with Crippen molar-refractivity contribution >= 4 is 11.9 Å². The number of ether oxygens (including phenoxy) is 2. The molecule has 0 aromatic heterocycles. The highest BCUT2D eigenvalue weighted by Gasteiger charge is 2.48. The second-order valence-electron chi connectivity index (χ2n) is 3.58. The molecule has 0 aromatic rings. The minimum absolute atomic E-state index is 0.00294. The van der Waals surface area contributed by atoms with E-state index >= 15 is 0 Å². The molecular weight excluding hydrogens is 236 g/mol. The van der Waals surface area contributed by atoms with Crippen LogP contribution >= 0.6 is 0 Å². The van der Waals surface area contributed by atoms with Gasteiger partial charge in [0.05, 0.1) is 0 Å². The van der Waals surface area contributed by atoms with Crippen molar-refractivity contribution in [2.24, 2.45) is 0 Å². The molecule has 0 bridgehead atoms. The number of hydrogen-bond donors (Lipinski definition) is 4. The largest absolute Gasteiger partial charge is 0.479 e. The Morgan fingerprint density at radius 3 is 2.24 bits per heavy atom. The van der Waals surface area contributed by atoms with Crippen molar-refractivity contribution in [2.75, 3.05) is 0 Å². The molecule has 5 atom stereocenters. The van der Waals surface area contributed by atoms with Gasteiger partial charge in [-0.25, -0.2) is 4.79 Å². The highest BCUT2D eigenvalue weighted by Crippen LogP contribution is 2.22. The molecule has 1 saturated heterocycles. The zero-order valence-corrected chi connectivity index (χ0v) is 9.02. The molecule has 4 N–H and O–H groups in total. The summed E-state index contributed by atoms with van der Waals surface area (Å²) < 4.78 is 9.32. The van der Waals surface area contributed by atoms with E-state index in [0.717, 1.165) is 0 Å². The maximum absolute atomic E-state index is 11.0. The van der Waals surface area contributed by atoms with Crippen LogP contribution in [-0.4, -0.2) is 63.1 Å². The average Bonchev–Trinajstić information content (AvgIpc) is 2.29. The monoisotopic (exact) mass is 250 g/mol. The van der Waals surface area contributed by atoms with Gasteiger partial charge in [0.1, 0.15) is 18.3 Å². The van der Waals surface area contributed by atoms with Crippen LogP contribution in [-0.2, 0) is 19.1 Å². The van der Waals surface area contributed by atoms with Crippen molar-refractivity contribution in [3.8, 4) is 0 Å². The minimum Gasteiger partial charge on any atom is -0.479 e. The summed E-state index contributed by atoms with van der Waals surface area (Å²) in [5, 5.41) is 36.9. The van der Waals surface area contributed by atoms with Gasteiger partial charge in [0.25, 0.3) is 0 Å². The first kappa shape index (κ1) is 13.8. The number of esters is 1. The minimum atomic E-state index is -1.79. The Kier molecular flexibility index (Phi) is 4.40. The van der Waals surface area contributed by atoms with Crippen molar-refractivity contribution in [3.63, 3.8) is 0 Å². The number of aliphatic hydroxyl groups is 3. The van der Waals surface area contributed by atoms with E-state index in [1.807, 2.05) is 0 Å². The SMILES string of the molecule is CCC(=O)OC1OC(C(=O)O)C(O)C(O)C1O. The van der Waals surface area contributed by atoms with Gasteiger partial charge in [0.2, 0.25) is 6.29 Å². The summed E-state index contributed by atoms with van der Waals surface area (Å²) in [6.45, 7) is 1.50. The first-order valence-corrected chi connectivity index (χ1v) is 5.00. The Hall–Kier alpha value is -1.22. The molecule has 0 amide bonds. The summed E-state index contributed by atoms with van der Waals surface area (Å²) in [4.78, 5) is 21.7. The number of hydrogen-bond acceptors (Lipinski definition) is 7. The van der Waals surface area contributed by atoms with E-state index in [2.05, 4.69) is 4.74 Å². The van der Waals surface area contributed by atoms with Crippen molar-refractivity contribution in [1.29, 1.82) is 0 Å². The second kappa shape index (κ2) is 5.41. The molecule has 98 valence electrons. The molecule has 5 unspecified atom stereocenters. The van der Waals surface area contributed by atoms with E-state index in [4.69, 9.17) is 9.84 Å². The van der Waals surface area contributed by atoms with Crippen LogP contribution in [0.3, 0.4) is 0 Å². The lowest BCUT2D eigenvalue weighted by Gasteiger charge is -2.37. The Bertz CT molecular complexity index is 303. The number of carboxylic acid groups (broad SMARTS) is 1. The number of carboxylic acids is 1. The Balaban J connectivity index is 2.78. The van der Waals surface area contributed by atoms with Crippen LogP contribution < -0.4 is 0 Å². The van der Waals surface area contributed by atoms with Gasteiger partial charge in [-0.05, 0) is 0 Å². The van der Waals surface area contributed by atoms with Crippen molar-refractivity contribution in [3.05, 3.63) is 0 Å². The number of carbonyl (C=O) groups is 2. The van der Waals surface area contributed by atoms with Gasteiger partial charge < -0.3 is 29.9 Å². The molecule has 0 aromatic carbocycles. The van der Waals surface area contributed by atoms with Crippen LogP contribution in [0.5, 0.6) is 0 Å². The lowest BCUT2D eigenvalue weighted by Crippen LogP contribution is -2.60. The first-order valence-electron chi connectivity index (χ1n) is 5.00. The number of aliphatic hydroxyl groups excluding tert-OH is 3. The van der Waals surface area contributed by atoms with Gasteiger partial charge in [0.15, 0.2) is 6.10 Å². The van der Waals surface area contributed by atoms with Crippen LogP contribution in [0.25, 0.3) is 0 Å². The lowest BCUT2D eigenvalue weighted by atomic mass is 9.99.